The van der Waals surface area contributed by atoms with Gasteiger partial charge in [0.1, 0.15) is 23.5 Å². The van der Waals surface area contributed by atoms with Crippen molar-refractivity contribution in [3.05, 3.63) is 95.2 Å². The smallest absolute Gasteiger partial charge is 0.128 e. The van der Waals surface area contributed by atoms with Gasteiger partial charge in [0, 0.05) is 32.4 Å². The maximum absolute atomic E-state index is 13.4. The van der Waals surface area contributed by atoms with Gasteiger partial charge in [-0.3, -0.25) is 4.90 Å². The summed E-state index contributed by atoms with van der Waals surface area (Å²) >= 11 is 0. The first-order valence-corrected chi connectivity index (χ1v) is 9.50. The molecule has 0 spiro atoms. The van der Waals surface area contributed by atoms with Crippen molar-refractivity contribution in [3.63, 3.8) is 0 Å². The van der Waals surface area contributed by atoms with Crippen molar-refractivity contribution in [1.29, 1.82) is 5.26 Å². The average molecular weight is 390 g/mol. The highest BCUT2D eigenvalue weighted by molar-refractivity contribution is 5.42. The average Bonchev–Trinajstić information content (AvgIpc) is 2.77. The van der Waals surface area contributed by atoms with Crippen molar-refractivity contribution < 1.29 is 8.78 Å². The number of piperazine rings is 1. The van der Waals surface area contributed by atoms with E-state index in [2.05, 4.69) is 20.9 Å². The summed E-state index contributed by atoms with van der Waals surface area (Å²) in [6.45, 7) is 3.11. The minimum absolute atomic E-state index is 0.0766. The summed E-state index contributed by atoms with van der Waals surface area (Å²) in [6.07, 6.45) is 1.58. The molecule has 0 radical (unpaired) electrons. The van der Waals surface area contributed by atoms with E-state index >= 15 is 0 Å². The van der Waals surface area contributed by atoms with E-state index in [1.807, 2.05) is 6.07 Å². The lowest BCUT2D eigenvalue weighted by Crippen LogP contribution is -2.48. The third kappa shape index (κ3) is 4.25. The highest BCUT2D eigenvalue weighted by Gasteiger charge is 2.27. The number of aromatic nitrogens is 1. The van der Waals surface area contributed by atoms with E-state index in [4.69, 9.17) is 5.26 Å². The molecule has 146 valence electrons. The summed E-state index contributed by atoms with van der Waals surface area (Å²) < 4.78 is 26.9. The largest absolute Gasteiger partial charge is 0.354 e. The van der Waals surface area contributed by atoms with Gasteiger partial charge in [-0.05, 0) is 47.5 Å². The molecule has 4 rings (SSSR count). The van der Waals surface area contributed by atoms with E-state index in [9.17, 15) is 8.78 Å². The molecule has 4 nitrogen and oxygen atoms in total. The van der Waals surface area contributed by atoms with Gasteiger partial charge in [-0.1, -0.05) is 24.3 Å². The Kier molecular flexibility index (Phi) is 5.50. The normalized spacial score (nSPS) is 14.8. The summed E-state index contributed by atoms with van der Waals surface area (Å²) in [6, 6.07) is 18.6. The summed E-state index contributed by atoms with van der Waals surface area (Å²) in [5.74, 6) is 0.301. The van der Waals surface area contributed by atoms with E-state index in [0.717, 1.165) is 43.1 Å². The van der Waals surface area contributed by atoms with E-state index < -0.39 is 0 Å². The molecule has 0 N–H and O–H groups in total. The first-order chi connectivity index (χ1) is 14.1. The molecule has 0 amide bonds. The quantitative estimate of drug-likeness (QED) is 0.672. The maximum atomic E-state index is 13.4. The van der Waals surface area contributed by atoms with E-state index in [-0.39, 0.29) is 17.7 Å². The molecule has 0 unspecified atom stereocenters. The van der Waals surface area contributed by atoms with Crippen LogP contribution in [0.1, 0.15) is 22.7 Å². The lowest BCUT2D eigenvalue weighted by molar-refractivity contribution is 0.212. The van der Waals surface area contributed by atoms with Gasteiger partial charge in [0.15, 0.2) is 0 Å². The van der Waals surface area contributed by atoms with Gasteiger partial charge < -0.3 is 4.90 Å². The minimum Gasteiger partial charge on any atom is -0.354 e. The van der Waals surface area contributed by atoms with Crippen LogP contribution in [0.4, 0.5) is 14.6 Å². The van der Waals surface area contributed by atoms with Crippen molar-refractivity contribution in [2.45, 2.75) is 6.04 Å². The molecule has 2 heterocycles. The summed E-state index contributed by atoms with van der Waals surface area (Å²) in [7, 11) is 0. The fraction of sp³-hybridized carbons (Fsp3) is 0.217. The summed E-state index contributed by atoms with van der Waals surface area (Å²) in [5, 5.41) is 8.93. The molecule has 3 aromatic rings. The van der Waals surface area contributed by atoms with Gasteiger partial charge in [0.2, 0.25) is 0 Å². The first-order valence-electron chi connectivity index (χ1n) is 9.50. The van der Waals surface area contributed by atoms with Crippen LogP contribution >= 0.6 is 0 Å². The Morgan fingerprint density at radius 2 is 1.34 bits per heavy atom. The Hall–Kier alpha value is -3.30. The molecule has 6 heteroatoms. The first kappa shape index (κ1) is 19.0. The number of halogens is 2. The Labute approximate surface area is 168 Å². The van der Waals surface area contributed by atoms with Gasteiger partial charge in [0.25, 0.3) is 0 Å². The zero-order valence-corrected chi connectivity index (χ0v) is 15.8. The Bertz CT molecular complexity index is 942. The van der Waals surface area contributed by atoms with Crippen LogP contribution in [-0.4, -0.2) is 36.1 Å². The molecule has 0 bridgehead atoms. The predicted molar refractivity (Wildman–Crippen MR) is 107 cm³/mol. The van der Waals surface area contributed by atoms with E-state index in [1.54, 1.807) is 36.5 Å². The predicted octanol–water partition coefficient (Wildman–Crippen LogP) is 4.14. The number of nitrogens with zero attached hydrogens (tertiary/aromatic N) is 4. The molecule has 1 aromatic heterocycles. The lowest BCUT2D eigenvalue weighted by Gasteiger charge is -2.40. The zero-order valence-electron chi connectivity index (χ0n) is 15.8. The molecule has 2 aromatic carbocycles. The second kappa shape index (κ2) is 8.38. The molecular formula is C23H20F2N4. The molecule has 0 saturated carbocycles. The molecule has 1 aliphatic rings. The van der Waals surface area contributed by atoms with Crippen molar-refractivity contribution >= 4 is 5.82 Å². The lowest BCUT2D eigenvalue weighted by atomic mass is 9.96. The molecule has 0 atom stereocenters. The van der Waals surface area contributed by atoms with Gasteiger partial charge in [0.05, 0.1) is 11.6 Å². The standard InChI is InChI=1S/C23H20F2N4/c24-20-6-2-18(3-7-20)23(19-4-8-21(25)9-5-19)29-13-11-28(12-14-29)22-10-1-17(15-26)16-27-22/h1-10,16,23H,11-14H2. The fourth-order valence-electron chi connectivity index (χ4n) is 3.75. The topological polar surface area (TPSA) is 43.2 Å². The number of anilines is 1. The van der Waals surface area contributed by atoms with Crippen LogP contribution in [0.5, 0.6) is 0 Å². The van der Waals surface area contributed by atoms with Crippen LogP contribution in [0.15, 0.2) is 66.9 Å². The van der Waals surface area contributed by atoms with Crippen LogP contribution < -0.4 is 4.90 Å². The van der Waals surface area contributed by atoms with Crippen molar-refractivity contribution in [2.75, 3.05) is 31.1 Å². The highest BCUT2D eigenvalue weighted by Crippen LogP contribution is 2.30. The van der Waals surface area contributed by atoms with Crippen LogP contribution in [-0.2, 0) is 0 Å². The Morgan fingerprint density at radius 1 is 0.793 bits per heavy atom. The zero-order chi connectivity index (χ0) is 20.2. The van der Waals surface area contributed by atoms with Gasteiger partial charge in [-0.25, -0.2) is 13.8 Å². The third-order valence-corrected chi connectivity index (χ3v) is 5.25. The Morgan fingerprint density at radius 3 is 1.79 bits per heavy atom. The monoisotopic (exact) mass is 390 g/mol. The second-order valence-corrected chi connectivity index (χ2v) is 7.05. The number of hydrogen-bond acceptors (Lipinski definition) is 4. The molecular weight excluding hydrogens is 370 g/mol. The number of pyridine rings is 1. The van der Waals surface area contributed by atoms with Crippen LogP contribution in [0.2, 0.25) is 0 Å². The molecule has 1 fully saturated rings. The van der Waals surface area contributed by atoms with Gasteiger partial charge >= 0.3 is 0 Å². The summed E-state index contributed by atoms with van der Waals surface area (Å²) in [5.41, 5.74) is 2.49. The minimum atomic E-state index is -0.275. The number of nitriles is 1. The molecule has 0 aliphatic carbocycles. The molecule has 1 saturated heterocycles. The summed E-state index contributed by atoms with van der Waals surface area (Å²) in [4.78, 5) is 8.89. The highest BCUT2D eigenvalue weighted by atomic mass is 19.1. The third-order valence-electron chi connectivity index (χ3n) is 5.25. The van der Waals surface area contributed by atoms with Crippen LogP contribution in [0, 0.1) is 23.0 Å². The van der Waals surface area contributed by atoms with E-state index in [1.165, 1.54) is 24.3 Å². The molecule has 1 aliphatic heterocycles. The second-order valence-electron chi connectivity index (χ2n) is 7.05. The van der Waals surface area contributed by atoms with E-state index in [0.29, 0.717) is 5.56 Å². The van der Waals surface area contributed by atoms with Crippen molar-refractivity contribution in [1.82, 2.24) is 9.88 Å². The van der Waals surface area contributed by atoms with Gasteiger partial charge in [-0.15, -0.1) is 0 Å². The number of benzene rings is 2. The fourth-order valence-corrected chi connectivity index (χ4v) is 3.75. The van der Waals surface area contributed by atoms with Crippen LogP contribution in [0.25, 0.3) is 0 Å². The number of hydrogen-bond donors (Lipinski definition) is 0. The van der Waals surface area contributed by atoms with Crippen molar-refractivity contribution in [3.8, 4) is 6.07 Å². The van der Waals surface area contributed by atoms with Crippen molar-refractivity contribution in [2.24, 2.45) is 0 Å². The Balaban J connectivity index is 1.55. The van der Waals surface area contributed by atoms with Gasteiger partial charge in [-0.2, -0.15) is 5.26 Å². The SMILES string of the molecule is N#Cc1ccc(N2CCN(C(c3ccc(F)cc3)c3ccc(F)cc3)CC2)nc1. The van der Waals surface area contributed by atoms with Crippen LogP contribution in [0.3, 0.4) is 0 Å². The number of rotatable bonds is 4. The molecule has 29 heavy (non-hydrogen) atoms. The maximum Gasteiger partial charge on any atom is 0.128 e.